The Morgan fingerprint density at radius 3 is 2.68 bits per heavy atom. The van der Waals surface area contributed by atoms with Gasteiger partial charge in [0, 0.05) is 11.5 Å². The third-order valence-electron chi connectivity index (χ3n) is 2.51. The molecule has 0 saturated carbocycles. The van der Waals surface area contributed by atoms with Gasteiger partial charge in [-0.3, -0.25) is 9.48 Å². The van der Waals surface area contributed by atoms with Crippen molar-refractivity contribution in [1.82, 2.24) is 9.78 Å². The topological polar surface area (TPSA) is 72.9 Å². The van der Waals surface area contributed by atoms with Gasteiger partial charge in [-0.2, -0.15) is 5.10 Å². The van der Waals surface area contributed by atoms with E-state index in [-0.39, 0.29) is 16.4 Å². The Morgan fingerprint density at radius 1 is 1.42 bits per heavy atom. The van der Waals surface area contributed by atoms with Crippen molar-refractivity contribution in [1.29, 1.82) is 0 Å². The lowest BCUT2D eigenvalue weighted by Crippen LogP contribution is -2.14. The summed E-state index contributed by atoms with van der Waals surface area (Å²) in [5.74, 6) is -0.122. The first-order chi connectivity index (χ1) is 8.91. The summed E-state index contributed by atoms with van der Waals surface area (Å²) in [7, 11) is 1.65. The molecule has 0 atom stereocenters. The SMILES string of the molecule is Cn1ncc(C(=O)Nc2ccc(Br)c(Cl)c2Cl)c1N. The summed E-state index contributed by atoms with van der Waals surface area (Å²) in [4.78, 5) is 12.0. The van der Waals surface area contributed by atoms with E-state index in [0.29, 0.717) is 15.2 Å². The third-order valence-corrected chi connectivity index (χ3v) is 4.28. The van der Waals surface area contributed by atoms with Crippen molar-refractivity contribution >= 4 is 56.5 Å². The van der Waals surface area contributed by atoms with E-state index in [9.17, 15) is 4.79 Å². The van der Waals surface area contributed by atoms with Crippen molar-refractivity contribution in [2.75, 3.05) is 11.1 Å². The molecule has 5 nitrogen and oxygen atoms in total. The van der Waals surface area contributed by atoms with Gasteiger partial charge in [-0.05, 0) is 28.1 Å². The van der Waals surface area contributed by atoms with Crippen LogP contribution in [0.1, 0.15) is 10.4 Å². The van der Waals surface area contributed by atoms with Crippen LogP contribution < -0.4 is 11.1 Å². The molecule has 1 aromatic carbocycles. The largest absolute Gasteiger partial charge is 0.383 e. The molecular formula is C11H9BrCl2N4O. The normalized spacial score (nSPS) is 10.5. The summed E-state index contributed by atoms with van der Waals surface area (Å²) in [6.07, 6.45) is 1.39. The van der Waals surface area contributed by atoms with E-state index < -0.39 is 5.91 Å². The molecule has 100 valence electrons. The molecule has 2 rings (SSSR count). The Bertz CT molecular complexity index is 656. The summed E-state index contributed by atoms with van der Waals surface area (Å²) in [5.41, 5.74) is 6.40. The van der Waals surface area contributed by atoms with Crippen molar-refractivity contribution in [2.45, 2.75) is 0 Å². The Morgan fingerprint density at radius 2 is 2.11 bits per heavy atom. The fraction of sp³-hybridized carbons (Fsp3) is 0.0909. The number of hydrogen-bond acceptors (Lipinski definition) is 3. The zero-order chi connectivity index (χ0) is 14.2. The highest BCUT2D eigenvalue weighted by atomic mass is 79.9. The van der Waals surface area contributed by atoms with Crippen LogP contribution in [0.4, 0.5) is 11.5 Å². The number of benzene rings is 1. The van der Waals surface area contributed by atoms with Gasteiger partial charge in [0.1, 0.15) is 11.4 Å². The van der Waals surface area contributed by atoms with Gasteiger partial charge < -0.3 is 11.1 Å². The first kappa shape index (κ1) is 14.2. The van der Waals surface area contributed by atoms with E-state index in [1.54, 1.807) is 19.2 Å². The van der Waals surface area contributed by atoms with Crippen LogP contribution in [-0.4, -0.2) is 15.7 Å². The number of nitrogens with two attached hydrogens (primary N) is 1. The summed E-state index contributed by atoms with van der Waals surface area (Å²) < 4.78 is 2.06. The number of nitrogens with zero attached hydrogens (tertiary/aromatic N) is 2. The van der Waals surface area contributed by atoms with E-state index >= 15 is 0 Å². The van der Waals surface area contributed by atoms with Gasteiger partial charge >= 0.3 is 0 Å². The number of halogens is 3. The van der Waals surface area contributed by atoms with E-state index in [2.05, 4.69) is 26.3 Å². The molecule has 0 spiro atoms. The maximum atomic E-state index is 12.0. The van der Waals surface area contributed by atoms with Crippen LogP contribution in [0.3, 0.4) is 0 Å². The zero-order valence-corrected chi connectivity index (χ0v) is 12.8. The molecule has 1 aromatic heterocycles. The van der Waals surface area contributed by atoms with E-state index in [1.165, 1.54) is 10.9 Å². The van der Waals surface area contributed by atoms with Gasteiger partial charge in [0.25, 0.3) is 5.91 Å². The minimum absolute atomic E-state index is 0.256. The number of carbonyl (C=O) groups excluding carboxylic acids is 1. The molecule has 0 saturated heterocycles. The highest BCUT2D eigenvalue weighted by molar-refractivity contribution is 9.10. The summed E-state index contributed by atoms with van der Waals surface area (Å²) >= 11 is 15.3. The molecule has 8 heteroatoms. The quantitative estimate of drug-likeness (QED) is 0.804. The molecule has 1 amide bonds. The van der Waals surface area contributed by atoms with Crippen molar-refractivity contribution in [2.24, 2.45) is 7.05 Å². The van der Waals surface area contributed by atoms with Crippen LogP contribution in [0.5, 0.6) is 0 Å². The van der Waals surface area contributed by atoms with Crippen molar-refractivity contribution in [3.8, 4) is 0 Å². The molecule has 0 bridgehead atoms. The number of aromatic nitrogens is 2. The number of nitrogen functional groups attached to an aromatic ring is 1. The smallest absolute Gasteiger partial charge is 0.261 e. The van der Waals surface area contributed by atoms with E-state index in [0.717, 1.165) is 0 Å². The molecule has 1 heterocycles. The van der Waals surface area contributed by atoms with E-state index in [4.69, 9.17) is 28.9 Å². The molecule has 0 radical (unpaired) electrons. The van der Waals surface area contributed by atoms with Gasteiger partial charge in [-0.1, -0.05) is 23.2 Å². The van der Waals surface area contributed by atoms with Crippen molar-refractivity contribution < 1.29 is 4.79 Å². The highest BCUT2D eigenvalue weighted by Crippen LogP contribution is 2.36. The molecule has 0 unspecified atom stereocenters. The molecule has 2 aromatic rings. The Labute approximate surface area is 127 Å². The molecule has 3 N–H and O–H groups in total. The van der Waals surface area contributed by atoms with Crippen molar-refractivity contribution in [3.63, 3.8) is 0 Å². The number of anilines is 2. The zero-order valence-electron chi connectivity index (χ0n) is 9.75. The van der Waals surface area contributed by atoms with Gasteiger partial charge in [0.2, 0.25) is 0 Å². The molecule has 0 aliphatic heterocycles. The molecule has 19 heavy (non-hydrogen) atoms. The van der Waals surface area contributed by atoms with Crippen LogP contribution in [-0.2, 0) is 7.05 Å². The van der Waals surface area contributed by atoms with Crippen LogP contribution in [0.2, 0.25) is 10.0 Å². The lowest BCUT2D eigenvalue weighted by Gasteiger charge is -2.09. The fourth-order valence-corrected chi connectivity index (χ4v) is 2.26. The Balaban J connectivity index is 2.30. The predicted octanol–water partition coefficient (Wildman–Crippen LogP) is 3.32. The molecule has 0 fully saturated rings. The lowest BCUT2D eigenvalue weighted by atomic mass is 10.2. The first-order valence-corrected chi connectivity index (χ1v) is 6.69. The van der Waals surface area contributed by atoms with Crippen LogP contribution >= 0.6 is 39.1 Å². The van der Waals surface area contributed by atoms with Gasteiger partial charge in [-0.15, -0.1) is 0 Å². The number of carbonyl (C=O) groups is 1. The minimum atomic E-state index is -0.397. The molecule has 0 aliphatic carbocycles. The maximum absolute atomic E-state index is 12.0. The second kappa shape index (κ2) is 5.40. The Hall–Kier alpha value is -1.24. The molecular weight excluding hydrogens is 355 g/mol. The number of rotatable bonds is 2. The number of aryl methyl sites for hydroxylation is 1. The Kier molecular flexibility index (Phi) is 4.03. The third kappa shape index (κ3) is 2.70. The van der Waals surface area contributed by atoms with Gasteiger partial charge in [-0.25, -0.2) is 0 Å². The van der Waals surface area contributed by atoms with Gasteiger partial charge in [0.15, 0.2) is 0 Å². The second-order valence-electron chi connectivity index (χ2n) is 3.74. The number of amides is 1. The summed E-state index contributed by atoms with van der Waals surface area (Å²) in [5, 5.41) is 7.12. The monoisotopic (exact) mass is 362 g/mol. The lowest BCUT2D eigenvalue weighted by molar-refractivity contribution is 0.102. The first-order valence-electron chi connectivity index (χ1n) is 5.14. The second-order valence-corrected chi connectivity index (χ2v) is 5.35. The standard InChI is InChI=1S/C11H9BrCl2N4O/c1-18-10(15)5(4-16-18)11(19)17-7-3-2-6(12)8(13)9(7)14/h2-4H,15H2,1H3,(H,17,19). The average Bonchev–Trinajstić information content (AvgIpc) is 2.71. The van der Waals surface area contributed by atoms with E-state index in [1.807, 2.05) is 0 Å². The maximum Gasteiger partial charge on any atom is 0.261 e. The number of nitrogens with one attached hydrogen (secondary N) is 1. The predicted molar refractivity (Wildman–Crippen MR) is 79.7 cm³/mol. The van der Waals surface area contributed by atoms with Crippen LogP contribution in [0.25, 0.3) is 0 Å². The van der Waals surface area contributed by atoms with Crippen LogP contribution in [0, 0.1) is 0 Å². The fourth-order valence-electron chi connectivity index (χ4n) is 1.43. The number of hydrogen-bond donors (Lipinski definition) is 2. The highest BCUT2D eigenvalue weighted by Gasteiger charge is 2.16. The van der Waals surface area contributed by atoms with Gasteiger partial charge in [0.05, 0.1) is 21.9 Å². The molecule has 0 aliphatic rings. The summed E-state index contributed by atoms with van der Waals surface area (Å²) in [6, 6.07) is 3.33. The van der Waals surface area contributed by atoms with Crippen LogP contribution in [0.15, 0.2) is 22.8 Å². The average molecular weight is 364 g/mol. The van der Waals surface area contributed by atoms with Crippen molar-refractivity contribution in [3.05, 3.63) is 38.4 Å². The summed E-state index contributed by atoms with van der Waals surface area (Å²) in [6.45, 7) is 0. The minimum Gasteiger partial charge on any atom is -0.383 e.